The molecule has 2 heteroatoms. The molecule has 1 N–H and O–H groups in total. The number of likely N-dealkylation sites (N-methyl/N-ethyl adjacent to an activating group) is 1. The summed E-state index contributed by atoms with van der Waals surface area (Å²) in [6, 6.07) is 13.6. The lowest BCUT2D eigenvalue weighted by molar-refractivity contribution is 0.378. The van der Waals surface area contributed by atoms with Crippen molar-refractivity contribution in [2.24, 2.45) is 5.92 Å². The van der Waals surface area contributed by atoms with Gasteiger partial charge in [-0.3, -0.25) is 0 Å². The number of rotatable bonds is 5. The van der Waals surface area contributed by atoms with Gasteiger partial charge in [-0.05, 0) is 60.7 Å². The van der Waals surface area contributed by atoms with Crippen molar-refractivity contribution >= 4 is 10.8 Å². The number of hydrogen-bond acceptors (Lipinski definition) is 2. The summed E-state index contributed by atoms with van der Waals surface area (Å²) in [4.78, 5) is 0. The van der Waals surface area contributed by atoms with Crippen molar-refractivity contribution in [2.45, 2.75) is 38.1 Å². The molecular weight excluding hydrogens is 258 g/mol. The molecule has 0 heterocycles. The Morgan fingerprint density at radius 1 is 1.19 bits per heavy atom. The Hall–Kier alpha value is -1.54. The summed E-state index contributed by atoms with van der Waals surface area (Å²) in [5.41, 5.74) is 1.43. The molecule has 2 nitrogen and oxygen atoms in total. The van der Waals surface area contributed by atoms with Gasteiger partial charge in [0.15, 0.2) is 0 Å². The Bertz CT molecular complexity index is 602. The number of ether oxygens (including phenoxy) is 1. The number of hydrogen-bond donors (Lipinski definition) is 1. The third kappa shape index (κ3) is 3.06. The van der Waals surface area contributed by atoms with Crippen molar-refractivity contribution in [2.75, 3.05) is 14.2 Å². The quantitative estimate of drug-likeness (QED) is 0.889. The Kier molecular flexibility index (Phi) is 4.45. The maximum absolute atomic E-state index is 5.39. The zero-order chi connectivity index (χ0) is 14.7. The van der Waals surface area contributed by atoms with Gasteiger partial charge in [0.05, 0.1) is 7.11 Å². The lowest BCUT2D eigenvalue weighted by atomic mass is 9.90. The molecule has 1 aliphatic rings. The van der Waals surface area contributed by atoms with Crippen LogP contribution in [0, 0.1) is 5.92 Å². The van der Waals surface area contributed by atoms with Crippen LogP contribution < -0.4 is 10.1 Å². The van der Waals surface area contributed by atoms with Gasteiger partial charge in [0.25, 0.3) is 0 Å². The van der Waals surface area contributed by atoms with E-state index < -0.39 is 0 Å². The van der Waals surface area contributed by atoms with Gasteiger partial charge in [-0.2, -0.15) is 0 Å². The first-order chi connectivity index (χ1) is 10.3. The molecule has 1 atom stereocenters. The second-order valence-corrected chi connectivity index (χ2v) is 6.15. The standard InChI is InChI=1S/C19H25NO/c1-20-19(15-6-3-4-7-15)12-16-9-5-8-14-10-11-17(21-2)13-18(14)16/h5,8-11,13,15,19-20H,3-4,6-7,12H2,1-2H3. The number of methoxy groups -OCH3 is 1. The predicted octanol–water partition coefficient (Wildman–Crippen LogP) is 4.17. The molecule has 112 valence electrons. The summed E-state index contributed by atoms with van der Waals surface area (Å²) in [5.74, 6) is 1.77. The van der Waals surface area contributed by atoms with Crippen LogP contribution in [0.3, 0.4) is 0 Å². The Balaban J connectivity index is 1.91. The van der Waals surface area contributed by atoms with Crippen molar-refractivity contribution in [1.82, 2.24) is 5.32 Å². The highest BCUT2D eigenvalue weighted by Crippen LogP contribution is 2.31. The lowest BCUT2D eigenvalue weighted by Crippen LogP contribution is -2.34. The molecule has 1 unspecified atom stereocenters. The van der Waals surface area contributed by atoms with Gasteiger partial charge in [-0.25, -0.2) is 0 Å². The summed E-state index contributed by atoms with van der Waals surface area (Å²) in [7, 11) is 3.84. The average Bonchev–Trinajstić information content (AvgIpc) is 3.06. The Morgan fingerprint density at radius 3 is 2.71 bits per heavy atom. The highest BCUT2D eigenvalue weighted by molar-refractivity contribution is 5.87. The lowest BCUT2D eigenvalue weighted by Gasteiger charge is -2.23. The summed E-state index contributed by atoms with van der Waals surface area (Å²) in [5, 5.41) is 6.18. The van der Waals surface area contributed by atoms with Crippen LogP contribution in [0.1, 0.15) is 31.2 Å². The molecule has 1 saturated carbocycles. The van der Waals surface area contributed by atoms with Crippen LogP contribution in [-0.4, -0.2) is 20.2 Å². The molecule has 0 amide bonds. The van der Waals surface area contributed by atoms with E-state index in [4.69, 9.17) is 4.74 Å². The van der Waals surface area contributed by atoms with Crippen molar-refractivity contribution in [3.63, 3.8) is 0 Å². The van der Waals surface area contributed by atoms with Crippen molar-refractivity contribution in [3.8, 4) is 5.75 Å². The maximum Gasteiger partial charge on any atom is 0.119 e. The van der Waals surface area contributed by atoms with Gasteiger partial charge in [0, 0.05) is 6.04 Å². The zero-order valence-electron chi connectivity index (χ0n) is 13.1. The molecule has 2 aromatic rings. The summed E-state index contributed by atoms with van der Waals surface area (Å²) in [6.45, 7) is 0. The van der Waals surface area contributed by atoms with Crippen LogP contribution in [0.4, 0.5) is 0 Å². The number of fused-ring (bicyclic) bond motifs is 1. The normalized spacial score (nSPS) is 17.2. The largest absolute Gasteiger partial charge is 0.497 e. The minimum Gasteiger partial charge on any atom is -0.497 e. The van der Waals surface area contributed by atoms with E-state index in [9.17, 15) is 0 Å². The van der Waals surface area contributed by atoms with Crippen LogP contribution >= 0.6 is 0 Å². The van der Waals surface area contributed by atoms with Crippen LogP contribution in [0.2, 0.25) is 0 Å². The Morgan fingerprint density at radius 2 is 2.00 bits per heavy atom. The van der Waals surface area contributed by atoms with E-state index in [1.807, 2.05) is 6.07 Å². The number of benzene rings is 2. The van der Waals surface area contributed by atoms with Gasteiger partial charge in [-0.1, -0.05) is 37.1 Å². The molecule has 3 rings (SSSR count). The Labute approximate surface area is 127 Å². The van der Waals surface area contributed by atoms with E-state index in [0.717, 1.165) is 18.1 Å². The second kappa shape index (κ2) is 6.48. The van der Waals surface area contributed by atoms with Crippen molar-refractivity contribution in [1.29, 1.82) is 0 Å². The highest BCUT2D eigenvalue weighted by atomic mass is 16.5. The first-order valence-electron chi connectivity index (χ1n) is 8.04. The fourth-order valence-electron chi connectivity index (χ4n) is 3.72. The minimum absolute atomic E-state index is 0.587. The first kappa shape index (κ1) is 14.4. The average molecular weight is 283 g/mol. The summed E-state index contributed by atoms with van der Waals surface area (Å²) >= 11 is 0. The summed E-state index contributed by atoms with van der Waals surface area (Å²) < 4.78 is 5.39. The van der Waals surface area contributed by atoms with Gasteiger partial charge in [-0.15, -0.1) is 0 Å². The smallest absolute Gasteiger partial charge is 0.119 e. The van der Waals surface area contributed by atoms with E-state index in [-0.39, 0.29) is 0 Å². The van der Waals surface area contributed by atoms with Gasteiger partial charge >= 0.3 is 0 Å². The zero-order valence-corrected chi connectivity index (χ0v) is 13.1. The third-order valence-corrected chi connectivity index (χ3v) is 4.96. The fourth-order valence-corrected chi connectivity index (χ4v) is 3.72. The van der Waals surface area contributed by atoms with Crippen LogP contribution in [-0.2, 0) is 6.42 Å². The van der Waals surface area contributed by atoms with Crippen LogP contribution in [0.5, 0.6) is 5.75 Å². The van der Waals surface area contributed by atoms with Crippen LogP contribution in [0.15, 0.2) is 36.4 Å². The predicted molar refractivity (Wildman–Crippen MR) is 89.0 cm³/mol. The molecule has 0 bridgehead atoms. The SMILES string of the molecule is CNC(Cc1cccc2ccc(OC)cc12)C1CCCC1. The van der Waals surface area contributed by atoms with Gasteiger partial charge in [0.2, 0.25) is 0 Å². The molecule has 1 fully saturated rings. The van der Waals surface area contributed by atoms with E-state index in [0.29, 0.717) is 6.04 Å². The van der Waals surface area contributed by atoms with Gasteiger partial charge < -0.3 is 10.1 Å². The first-order valence-corrected chi connectivity index (χ1v) is 8.04. The molecule has 2 aromatic carbocycles. The minimum atomic E-state index is 0.587. The molecule has 0 saturated heterocycles. The van der Waals surface area contributed by atoms with Crippen molar-refractivity contribution < 1.29 is 4.74 Å². The van der Waals surface area contributed by atoms with Crippen LogP contribution in [0.25, 0.3) is 10.8 Å². The third-order valence-electron chi connectivity index (χ3n) is 4.96. The maximum atomic E-state index is 5.39. The summed E-state index contributed by atoms with van der Waals surface area (Å²) in [6.07, 6.45) is 6.64. The van der Waals surface area contributed by atoms with E-state index in [1.54, 1.807) is 7.11 Å². The fraction of sp³-hybridized carbons (Fsp3) is 0.474. The molecule has 0 radical (unpaired) electrons. The van der Waals surface area contributed by atoms with Crippen molar-refractivity contribution in [3.05, 3.63) is 42.0 Å². The molecule has 0 spiro atoms. The number of nitrogens with one attached hydrogen (secondary N) is 1. The molecule has 0 aromatic heterocycles. The monoisotopic (exact) mass is 283 g/mol. The second-order valence-electron chi connectivity index (χ2n) is 6.15. The highest BCUT2D eigenvalue weighted by Gasteiger charge is 2.24. The topological polar surface area (TPSA) is 21.3 Å². The van der Waals surface area contributed by atoms with E-state index >= 15 is 0 Å². The molecule has 0 aliphatic heterocycles. The molecule has 21 heavy (non-hydrogen) atoms. The van der Waals surface area contributed by atoms with E-state index in [1.165, 1.54) is 42.0 Å². The molecule has 1 aliphatic carbocycles. The van der Waals surface area contributed by atoms with Gasteiger partial charge in [0.1, 0.15) is 5.75 Å². The van der Waals surface area contributed by atoms with E-state index in [2.05, 4.69) is 42.7 Å². The molecular formula is C19H25NO.